The number of methoxy groups -OCH3 is 2. The molecule has 0 aliphatic carbocycles. The summed E-state index contributed by atoms with van der Waals surface area (Å²) in [5, 5.41) is 0. The molecule has 1 saturated heterocycles. The van der Waals surface area contributed by atoms with Crippen LogP contribution in [-0.4, -0.2) is 26.2 Å². The van der Waals surface area contributed by atoms with Crippen LogP contribution >= 0.6 is 17.2 Å². The van der Waals surface area contributed by atoms with Gasteiger partial charge in [0.1, 0.15) is 11.5 Å². The molecular formula is C32H46O8P2. The highest BCUT2D eigenvalue weighted by atomic mass is 31.3. The summed E-state index contributed by atoms with van der Waals surface area (Å²) in [6.07, 6.45) is 0. The predicted molar refractivity (Wildman–Crippen MR) is 168 cm³/mol. The topological polar surface area (TPSA) is 89.5 Å². The van der Waals surface area contributed by atoms with Gasteiger partial charge >= 0.3 is 29.1 Å². The van der Waals surface area contributed by atoms with Gasteiger partial charge in [-0.2, -0.15) is 0 Å². The Balaban J connectivity index is 1.97. The maximum atomic E-state index is 12.5. The third kappa shape index (κ3) is 7.63. The zero-order valence-corrected chi connectivity index (χ0v) is 29.3. The van der Waals surface area contributed by atoms with Crippen molar-refractivity contribution in [1.82, 2.24) is 0 Å². The molecule has 0 aromatic heterocycles. The quantitative estimate of drug-likeness (QED) is 0.233. The van der Waals surface area contributed by atoms with Crippen molar-refractivity contribution in [2.24, 2.45) is 0 Å². The molecule has 1 aliphatic heterocycles. The van der Waals surface area contributed by atoms with Gasteiger partial charge in [-0.3, -0.25) is 0 Å². The lowest BCUT2D eigenvalue weighted by atomic mass is 9.78. The van der Waals surface area contributed by atoms with E-state index >= 15 is 0 Å². The molecule has 2 aromatic rings. The molecule has 0 spiro atoms. The van der Waals surface area contributed by atoms with E-state index in [4.69, 9.17) is 27.1 Å². The van der Waals surface area contributed by atoms with Crippen LogP contribution in [0.4, 0.5) is 0 Å². The highest BCUT2D eigenvalue weighted by molar-refractivity contribution is 7.69. The smallest absolute Gasteiger partial charge is 0.413 e. The van der Waals surface area contributed by atoms with Crippen LogP contribution < -0.4 is 9.05 Å². The van der Waals surface area contributed by atoms with Crippen LogP contribution in [0, 0.1) is 0 Å². The lowest BCUT2D eigenvalue weighted by molar-refractivity contribution is 0.0591. The van der Waals surface area contributed by atoms with E-state index in [0.29, 0.717) is 22.6 Å². The maximum absolute atomic E-state index is 12.5. The van der Waals surface area contributed by atoms with Crippen molar-refractivity contribution in [1.29, 1.82) is 0 Å². The second-order valence-corrected chi connectivity index (χ2v) is 17.1. The van der Waals surface area contributed by atoms with E-state index in [1.807, 2.05) is 24.3 Å². The van der Waals surface area contributed by atoms with Gasteiger partial charge < -0.3 is 18.5 Å². The number of carbonyl (C=O) groups excluding carboxylic acids is 2. The molecule has 8 nitrogen and oxygen atoms in total. The molecule has 1 heterocycles. The molecule has 0 unspecified atom stereocenters. The largest absolute Gasteiger partial charge is 0.465 e. The highest BCUT2D eigenvalue weighted by Gasteiger charge is 2.44. The number of hydrogen-bond donors (Lipinski definition) is 0. The van der Waals surface area contributed by atoms with Crippen molar-refractivity contribution in [3.8, 4) is 11.5 Å². The molecule has 0 radical (unpaired) electrons. The van der Waals surface area contributed by atoms with Crippen LogP contribution in [0.15, 0.2) is 24.3 Å². The fraction of sp³-hybridized carbons (Fsp3) is 0.562. The van der Waals surface area contributed by atoms with Gasteiger partial charge in [0.15, 0.2) is 0 Å². The Hall–Kier alpha value is -2.24. The molecular weight excluding hydrogens is 574 g/mol. The first kappa shape index (κ1) is 34.3. The first-order chi connectivity index (χ1) is 19.1. The minimum atomic E-state index is -1.75. The monoisotopic (exact) mass is 620 g/mol. The first-order valence-electron chi connectivity index (χ1n) is 13.9. The van der Waals surface area contributed by atoms with Crippen molar-refractivity contribution in [2.75, 3.05) is 14.2 Å². The van der Waals surface area contributed by atoms with Crippen molar-refractivity contribution in [3.63, 3.8) is 0 Å². The van der Waals surface area contributed by atoms with Crippen LogP contribution in [0.2, 0.25) is 0 Å². The second-order valence-electron chi connectivity index (χ2n) is 14.6. The Morgan fingerprint density at radius 3 is 0.952 bits per heavy atom. The molecule has 0 saturated carbocycles. The molecule has 3 rings (SSSR count). The van der Waals surface area contributed by atoms with Gasteiger partial charge in [0.2, 0.25) is 0 Å². The van der Waals surface area contributed by atoms with Gasteiger partial charge in [-0.15, -0.1) is 0 Å². The Morgan fingerprint density at radius 1 is 0.524 bits per heavy atom. The van der Waals surface area contributed by atoms with Crippen LogP contribution in [0.1, 0.15) is 126 Å². The number of hydrogen-bond acceptors (Lipinski definition) is 8. The number of esters is 2. The summed E-state index contributed by atoms with van der Waals surface area (Å²) in [5.41, 5.74) is 2.97. The summed E-state index contributed by atoms with van der Waals surface area (Å²) in [4.78, 5) is 25.0. The van der Waals surface area contributed by atoms with Crippen molar-refractivity contribution in [3.05, 3.63) is 57.6 Å². The maximum Gasteiger partial charge on any atom is 0.413 e. The number of rotatable bonds is 6. The van der Waals surface area contributed by atoms with Crippen LogP contribution in [0.5, 0.6) is 11.5 Å². The summed E-state index contributed by atoms with van der Waals surface area (Å²) in [5.74, 6) is 0.464. The summed E-state index contributed by atoms with van der Waals surface area (Å²) in [6, 6.07) is 7.27. The Labute approximate surface area is 253 Å². The molecule has 0 bridgehead atoms. The first-order valence-corrected chi connectivity index (χ1v) is 16.1. The fourth-order valence-corrected chi connectivity index (χ4v) is 6.63. The average Bonchev–Trinajstić information content (AvgIpc) is 2.83. The molecule has 0 atom stereocenters. The summed E-state index contributed by atoms with van der Waals surface area (Å²) in [6.45, 7) is 24.8. The molecule has 232 valence electrons. The standard InChI is InChI=1S/C32H46O8P2/c1-29(2,3)21-15-19(27(33)35-13)16-22(30(4,5)6)25(21)37-41-39-42(40-41)38-26-23(31(7,8)9)17-20(28(34)36-14)18-24(26)32(10,11)12/h15-18H,1-14H3. The van der Waals surface area contributed by atoms with Crippen molar-refractivity contribution < 1.29 is 36.7 Å². The van der Waals surface area contributed by atoms with Gasteiger partial charge in [0.25, 0.3) is 0 Å². The van der Waals surface area contributed by atoms with Crippen LogP contribution in [-0.2, 0) is 39.8 Å². The van der Waals surface area contributed by atoms with Gasteiger partial charge in [0.05, 0.1) is 25.3 Å². The van der Waals surface area contributed by atoms with E-state index in [-0.39, 0.29) is 21.7 Å². The van der Waals surface area contributed by atoms with Crippen LogP contribution in [0.25, 0.3) is 0 Å². The zero-order chi connectivity index (χ0) is 32.0. The molecule has 0 amide bonds. The minimum Gasteiger partial charge on any atom is -0.465 e. The summed E-state index contributed by atoms with van der Waals surface area (Å²) >= 11 is 0. The second kappa shape index (κ2) is 12.0. The third-order valence-corrected chi connectivity index (χ3v) is 9.65. The van der Waals surface area contributed by atoms with E-state index in [2.05, 4.69) is 83.1 Å². The number of carbonyl (C=O) groups is 2. The summed E-state index contributed by atoms with van der Waals surface area (Å²) < 4.78 is 35.1. The van der Waals surface area contributed by atoms with Gasteiger partial charge in [-0.1, -0.05) is 83.1 Å². The minimum absolute atomic E-state index is 0.342. The molecule has 0 N–H and O–H groups in total. The SMILES string of the molecule is COC(=O)c1cc(C(C)(C)C)c(OP2OP(Oc3c(C(C)(C)C)cc(C(=O)OC)cc3C(C)(C)C)O2)c(C(C)(C)C)c1. The molecule has 10 heteroatoms. The Bertz CT molecular complexity index is 1160. The van der Waals surface area contributed by atoms with Crippen molar-refractivity contribution in [2.45, 2.75) is 105 Å². The fourth-order valence-electron chi connectivity index (χ4n) is 4.48. The van der Waals surface area contributed by atoms with Gasteiger partial charge in [-0.05, 0) is 45.9 Å². The highest BCUT2D eigenvalue weighted by Crippen LogP contribution is 2.73. The van der Waals surface area contributed by atoms with Gasteiger partial charge in [0, 0.05) is 22.3 Å². The Morgan fingerprint density at radius 2 is 0.762 bits per heavy atom. The zero-order valence-electron chi connectivity index (χ0n) is 27.5. The van der Waals surface area contributed by atoms with E-state index in [0.717, 1.165) is 22.3 Å². The van der Waals surface area contributed by atoms with E-state index in [1.54, 1.807) is 0 Å². The third-order valence-electron chi connectivity index (χ3n) is 6.85. The van der Waals surface area contributed by atoms with E-state index < -0.39 is 29.1 Å². The lowest BCUT2D eigenvalue weighted by Crippen LogP contribution is -2.22. The van der Waals surface area contributed by atoms with Crippen LogP contribution in [0.3, 0.4) is 0 Å². The molecule has 2 aromatic carbocycles. The van der Waals surface area contributed by atoms with Crippen molar-refractivity contribution >= 4 is 29.1 Å². The van der Waals surface area contributed by atoms with Gasteiger partial charge in [-0.25, -0.2) is 18.2 Å². The number of ether oxygens (including phenoxy) is 2. The summed E-state index contributed by atoms with van der Waals surface area (Å²) in [7, 11) is -0.740. The number of benzene rings is 2. The average molecular weight is 621 g/mol. The molecule has 1 fully saturated rings. The lowest BCUT2D eigenvalue weighted by Gasteiger charge is -2.36. The Kier molecular flexibility index (Phi) is 9.82. The molecule has 42 heavy (non-hydrogen) atoms. The van der Waals surface area contributed by atoms with E-state index in [9.17, 15) is 9.59 Å². The predicted octanol–water partition coefficient (Wildman–Crippen LogP) is 9.41. The normalized spacial score (nSPS) is 17.8. The van der Waals surface area contributed by atoms with E-state index in [1.165, 1.54) is 14.2 Å². The molecule has 1 aliphatic rings.